The van der Waals surface area contributed by atoms with Crippen molar-refractivity contribution in [2.24, 2.45) is 0 Å². The topological polar surface area (TPSA) is 58.6 Å². The lowest BCUT2D eigenvalue weighted by atomic mass is 9.98. The summed E-state index contributed by atoms with van der Waals surface area (Å²) in [6.45, 7) is 3.36. The molecule has 0 aromatic heterocycles. The first-order valence-electron chi connectivity index (χ1n) is 9.76. The van der Waals surface area contributed by atoms with Crippen LogP contribution in [0.2, 0.25) is 0 Å². The van der Waals surface area contributed by atoms with Crippen LogP contribution in [-0.2, 0) is 27.7 Å². The van der Waals surface area contributed by atoms with Crippen molar-refractivity contribution in [2.75, 3.05) is 26.2 Å². The average molecular weight is 399 g/mol. The van der Waals surface area contributed by atoms with Crippen molar-refractivity contribution < 1.29 is 13.2 Å². The molecule has 1 atom stereocenters. The number of benzene rings is 2. The number of hydrogen-bond acceptors (Lipinski definition) is 4. The number of aryl methyl sites for hydroxylation is 1. The quantitative estimate of drug-likeness (QED) is 0.813. The number of ether oxygens (including phenoxy) is 1. The Hall–Kier alpha value is -1.99. The first kappa shape index (κ1) is 19.3. The number of sulfonamides is 1. The van der Waals surface area contributed by atoms with E-state index < -0.39 is 10.0 Å². The number of fused-ring (bicyclic) bond motifs is 1. The number of nitrogens with one attached hydrogen (secondary N) is 1. The van der Waals surface area contributed by atoms with Gasteiger partial charge >= 0.3 is 0 Å². The fraction of sp³-hybridized carbons (Fsp3) is 0.364. The van der Waals surface area contributed by atoms with Crippen LogP contribution in [0.3, 0.4) is 0 Å². The van der Waals surface area contributed by atoms with Crippen molar-refractivity contribution in [3.63, 3.8) is 0 Å². The van der Waals surface area contributed by atoms with E-state index in [1.54, 1.807) is 6.08 Å². The molecule has 4 rings (SSSR count). The Bertz CT molecular complexity index is 941. The third-order valence-electron chi connectivity index (χ3n) is 5.33. The van der Waals surface area contributed by atoms with Crippen LogP contribution in [0.4, 0.5) is 0 Å². The molecular formula is C22H26N2O3S. The number of rotatable bonds is 6. The Kier molecular flexibility index (Phi) is 5.92. The van der Waals surface area contributed by atoms with Crippen molar-refractivity contribution in [3.8, 4) is 0 Å². The molecule has 6 heteroatoms. The molecule has 1 fully saturated rings. The molecule has 0 amide bonds. The van der Waals surface area contributed by atoms with Gasteiger partial charge < -0.3 is 4.74 Å². The van der Waals surface area contributed by atoms with Crippen LogP contribution in [-0.4, -0.2) is 45.7 Å². The highest BCUT2D eigenvalue weighted by molar-refractivity contribution is 7.93. The van der Waals surface area contributed by atoms with Gasteiger partial charge in [0.1, 0.15) is 0 Å². The van der Waals surface area contributed by atoms with Crippen molar-refractivity contribution in [3.05, 3.63) is 76.2 Å². The largest absolute Gasteiger partial charge is 0.374 e. The third kappa shape index (κ3) is 4.70. The van der Waals surface area contributed by atoms with Crippen molar-refractivity contribution in [1.82, 2.24) is 9.62 Å². The zero-order valence-electron chi connectivity index (χ0n) is 15.9. The van der Waals surface area contributed by atoms with Gasteiger partial charge in [-0.15, -0.1) is 0 Å². The molecule has 0 radical (unpaired) electrons. The first-order chi connectivity index (χ1) is 13.6. The summed E-state index contributed by atoms with van der Waals surface area (Å²) in [4.78, 5) is 2.77. The van der Waals surface area contributed by atoms with Crippen molar-refractivity contribution in [2.45, 2.75) is 25.5 Å². The summed E-state index contributed by atoms with van der Waals surface area (Å²) >= 11 is 0. The predicted octanol–water partition coefficient (Wildman–Crippen LogP) is 2.79. The van der Waals surface area contributed by atoms with Gasteiger partial charge in [0.15, 0.2) is 0 Å². The van der Waals surface area contributed by atoms with E-state index in [1.807, 2.05) is 36.4 Å². The van der Waals surface area contributed by atoms with E-state index in [1.165, 1.54) is 11.1 Å². The van der Waals surface area contributed by atoms with Crippen LogP contribution in [0.25, 0.3) is 6.08 Å². The number of allylic oxidation sites excluding steroid dienone is 1. The lowest BCUT2D eigenvalue weighted by Crippen LogP contribution is -2.47. The molecular weight excluding hydrogens is 372 g/mol. The summed E-state index contributed by atoms with van der Waals surface area (Å²) < 4.78 is 34.1. The van der Waals surface area contributed by atoms with Crippen LogP contribution < -0.4 is 4.72 Å². The van der Waals surface area contributed by atoms with Gasteiger partial charge in [-0.1, -0.05) is 54.6 Å². The van der Waals surface area contributed by atoms with Crippen molar-refractivity contribution in [1.29, 1.82) is 0 Å². The van der Waals surface area contributed by atoms with Gasteiger partial charge in [-0.3, -0.25) is 4.90 Å². The van der Waals surface area contributed by atoms with Gasteiger partial charge in [0.05, 0.1) is 17.6 Å². The molecule has 0 bridgehead atoms. The maximum Gasteiger partial charge on any atom is 0.236 e. The van der Waals surface area contributed by atoms with Crippen LogP contribution in [0.15, 0.2) is 59.5 Å². The average Bonchev–Trinajstić information content (AvgIpc) is 2.73. The number of hydrogen-bond donors (Lipinski definition) is 1. The summed E-state index contributed by atoms with van der Waals surface area (Å²) in [5.41, 5.74) is 3.46. The molecule has 1 aliphatic heterocycles. The second kappa shape index (κ2) is 8.57. The molecule has 1 heterocycles. The Balaban J connectivity index is 1.35. The number of nitrogens with zero attached hydrogens (tertiary/aromatic N) is 1. The molecule has 2 aliphatic rings. The van der Waals surface area contributed by atoms with E-state index in [2.05, 4.69) is 27.8 Å². The second-order valence-corrected chi connectivity index (χ2v) is 9.19. The van der Waals surface area contributed by atoms with Crippen LogP contribution in [0, 0.1) is 0 Å². The normalized spacial score (nSPS) is 20.4. The van der Waals surface area contributed by atoms with Crippen LogP contribution in [0.1, 0.15) is 23.1 Å². The Morgan fingerprint density at radius 3 is 2.68 bits per heavy atom. The smallest absolute Gasteiger partial charge is 0.236 e. The Morgan fingerprint density at radius 1 is 1.04 bits per heavy atom. The van der Waals surface area contributed by atoms with Gasteiger partial charge in [0, 0.05) is 26.2 Å². The molecule has 2 aromatic rings. The molecule has 1 N–H and O–H groups in total. The predicted molar refractivity (Wildman–Crippen MR) is 111 cm³/mol. The fourth-order valence-corrected chi connectivity index (χ4v) is 5.05. The Morgan fingerprint density at radius 2 is 1.82 bits per heavy atom. The van der Waals surface area contributed by atoms with E-state index in [0.717, 1.165) is 31.6 Å². The van der Waals surface area contributed by atoms with E-state index in [9.17, 15) is 8.42 Å². The second-order valence-electron chi connectivity index (χ2n) is 7.37. The summed E-state index contributed by atoms with van der Waals surface area (Å²) in [5, 5.41) is 0. The third-order valence-corrected chi connectivity index (χ3v) is 6.89. The molecule has 0 spiro atoms. The summed E-state index contributed by atoms with van der Waals surface area (Å²) in [6, 6.07) is 18.3. The highest BCUT2D eigenvalue weighted by Gasteiger charge is 2.25. The molecule has 0 saturated carbocycles. The summed E-state index contributed by atoms with van der Waals surface area (Å²) in [7, 11) is -3.49. The maximum atomic E-state index is 12.8. The van der Waals surface area contributed by atoms with E-state index >= 15 is 0 Å². The molecule has 2 aromatic carbocycles. The van der Waals surface area contributed by atoms with Gasteiger partial charge in [0.2, 0.25) is 10.0 Å². The zero-order valence-corrected chi connectivity index (χ0v) is 16.7. The van der Waals surface area contributed by atoms with Crippen LogP contribution >= 0.6 is 0 Å². The SMILES string of the molecule is O=S(=O)(NC[C@@H]1CN(Cc2ccccc2)CCO1)C1=Cc2ccccc2CC1. The molecule has 148 valence electrons. The van der Waals surface area contributed by atoms with Gasteiger partial charge in [0.25, 0.3) is 0 Å². The molecule has 5 nitrogen and oxygen atoms in total. The Labute approximate surface area is 167 Å². The first-order valence-corrected chi connectivity index (χ1v) is 11.2. The minimum Gasteiger partial charge on any atom is -0.374 e. The van der Waals surface area contributed by atoms with Crippen molar-refractivity contribution >= 4 is 16.1 Å². The number of morpholine rings is 1. The van der Waals surface area contributed by atoms with E-state index in [0.29, 0.717) is 24.5 Å². The zero-order chi connectivity index (χ0) is 19.4. The highest BCUT2D eigenvalue weighted by atomic mass is 32.2. The highest BCUT2D eigenvalue weighted by Crippen LogP contribution is 2.26. The molecule has 1 aliphatic carbocycles. The van der Waals surface area contributed by atoms with Gasteiger partial charge in [-0.05, 0) is 35.6 Å². The fourth-order valence-electron chi connectivity index (χ4n) is 3.80. The standard InChI is InChI=1S/C22H26N2O3S/c25-28(26,22-11-10-19-8-4-5-9-20(19)14-22)23-15-21-17-24(12-13-27-21)16-18-6-2-1-3-7-18/h1-9,14,21,23H,10-13,15-17H2/t21-/m1/s1. The minimum atomic E-state index is -3.49. The molecule has 28 heavy (non-hydrogen) atoms. The molecule has 0 unspecified atom stereocenters. The van der Waals surface area contributed by atoms with Crippen LogP contribution in [0.5, 0.6) is 0 Å². The lowest BCUT2D eigenvalue weighted by Gasteiger charge is -2.33. The minimum absolute atomic E-state index is 0.135. The summed E-state index contributed by atoms with van der Waals surface area (Å²) in [5.74, 6) is 0. The maximum absolute atomic E-state index is 12.8. The van der Waals surface area contributed by atoms with E-state index in [4.69, 9.17) is 4.74 Å². The monoisotopic (exact) mass is 398 g/mol. The molecule has 1 saturated heterocycles. The lowest BCUT2D eigenvalue weighted by molar-refractivity contribution is -0.0276. The summed E-state index contributed by atoms with van der Waals surface area (Å²) in [6.07, 6.45) is 2.96. The van der Waals surface area contributed by atoms with E-state index in [-0.39, 0.29) is 6.10 Å². The van der Waals surface area contributed by atoms with Gasteiger partial charge in [-0.25, -0.2) is 13.1 Å². The van der Waals surface area contributed by atoms with Gasteiger partial charge in [-0.2, -0.15) is 0 Å².